The first-order chi connectivity index (χ1) is 5.52. The summed E-state index contributed by atoms with van der Waals surface area (Å²) < 4.78 is 13.8. The first kappa shape index (κ1) is 9.99. The predicted molar refractivity (Wildman–Crippen MR) is 51.5 cm³/mol. The zero-order chi connectivity index (χ0) is 9.30. The number of carbonyl (C=O) groups is 1. The molecule has 0 amide bonds. The molecular weight excluding hydrogens is 337 g/mol. The molecule has 0 aliphatic carbocycles. The predicted octanol–water partition coefficient (Wildman–Crippen LogP) is 0.922. The SMILES string of the molecule is O=C(O)c1cc(F)cc(I)c1[As]. The molecular formula is C7H3AsFIO2. The molecule has 0 heterocycles. The number of hydrogen-bond acceptors (Lipinski definition) is 1. The van der Waals surface area contributed by atoms with Crippen molar-refractivity contribution in [2.24, 2.45) is 0 Å². The van der Waals surface area contributed by atoms with E-state index >= 15 is 0 Å². The first-order valence-corrected chi connectivity index (χ1v) is 4.95. The van der Waals surface area contributed by atoms with Crippen LogP contribution in [0.2, 0.25) is 0 Å². The molecule has 1 N–H and O–H groups in total. The number of rotatable bonds is 1. The Labute approximate surface area is 90.8 Å². The molecule has 0 fully saturated rings. The fourth-order valence-electron chi connectivity index (χ4n) is 0.729. The third-order valence-electron chi connectivity index (χ3n) is 1.26. The zero-order valence-electron chi connectivity index (χ0n) is 5.71. The normalized spacial score (nSPS) is 9.92. The Morgan fingerprint density at radius 2 is 2.17 bits per heavy atom. The quantitative estimate of drug-likeness (QED) is 0.610. The van der Waals surface area contributed by atoms with Crippen molar-refractivity contribution >= 4 is 49.8 Å². The van der Waals surface area contributed by atoms with Crippen LogP contribution in [-0.4, -0.2) is 27.9 Å². The second kappa shape index (κ2) is 3.75. The molecule has 1 aromatic rings. The fourth-order valence-corrected chi connectivity index (χ4v) is 1.79. The summed E-state index contributed by atoms with van der Waals surface area (Å²) in [6.45, 7) is 0. The van der Waals surface area contributed by atoms with Crippen LogP contribution in [0.15, 0.2) is 12.1 Å². The Bertz CT molecular complexity index is 340. The first-order valence-electron chi connectivity index (χ1n) is 2.93. The van der Waals surface area contributed by atoms with E-state index in [2.05, 4.69) is 16.9 Å². The molecule has 0 aliphatic heterocycles. The molecule has 0 spiro atoms. The van der Waals surface area contributed by atoms with Gasteiger partial charge in [-0.25, -0.2) is 0 Å². The van der Waals surface area contributed by atoms with Crippen LogP contribution in [0.4, 0.5) is 4.39 Å². The van der Waals surface area contributed by atoms with Crippen LogP contribution in [0.5, 0.6) is 0 Å². The van der Waals surface area contributed by atoms with Crippen molar-refractivity contribution in [2.45, 2.75) is 0 Å². The monoisotopic (exact) mass is 340 g/mol. The van der Waals surface area contributed by atoms with Crippen LogP contribution in [0.1, 0.15) is 10.4 Å². The number of aromatic carboxylic acids is 1. The van der Waals surface area contributed by atoms with Gasteiger partial charge < -0.3 is 0 Å². The molecule has 0 aromatic heterocycles. The summed E-state index contributed by atoms with van der Waals surface area (Å²) in [5, 5.41) is 8.63. The van der Waals surface area contributed by atoms with Crippen molar-refractivity contribution in [2.75, 3.05) is 0 Å². The Morgan fingerprint density at radius 1 is 1.58 bits per heavy atom. The van der Waals surface area contributed by atoms with Gasteiger partial charge >= 0.3 is 91.1 Å². The summed E-state index contributed by atoms with van der Waals surface area (Å²) in [5.41, 5.74) is -0.000556. The third kappa shape index (κ3) is 1.98. The molecule has 5 heteroatoms. The summed E-state index contributed by atoms with van der Waals surface area (Å²) >= 11 is 4.01. The minimum absolute atomic E-state index is 0.000556. The van der Waals surface area contributed by atoms with Crippen LogP contribution in [-0.2, 0) is 0 Å². The summed E-state index contributed by atoms with van der Waals surface area (Å²) in [6.07, 6.45) is 0. The van der Waals surface area contributed by atoms with Crippen LogP contribution in [0.25, 0.3) is 0 Å². The Morgan fingerprint density at radius 3 is 2.67 bits per heavy atom. The van der Waals surface area contributed by atoms with Gasteiger partial charge in [0.2, 0.25) is 0 Å². The van der Waals surface area contributed by atoms with Gasteiger partial charge in [0.25, 0.3) is 0 Å². The summed E-state index contributed by atoms with van der Waals surface area (Å²) in [6, 6.07) is 2.30. The van der Waals surface area contributed by atoms with Crippen molar-refractivity contribution in [3.05, 3.63) is 27.1 Å². The Balaban J connectivity index is 3.37. The van der Waals surface area contributed by atoms with Crippen LogP contribution >= 0.6 is 22.6 Å². The van der Waals surface area contributed by atoms with Crippen molar-refractivity contribution in [1.82, 2.24) is 0 Å². The number of hydrogen-bond donors (Lipinski definition) is 1. The van der Waals surface area contributed by atoms with Gasteiger partial charge in [0.05, 0.1) is 0 Å². The molecule has 2 nitrogen and oxygen atoms in total. The molecule has 0 bridgehead atoms. The van der Waals surface area contributed by atoms with E-state index in [1.165, 1.54) is 6.07 Å². The van der Waals surface area contributed by atoms with E-state index < -0.39 is 11.8 Å². The van der Waals surface area contributed by atoms with Gasteiger partial charge in [0.15, 0.2) is 0 Å². The van der Waals surface area contributed by atoms with Gasteiger partial charge in [-0.2, -0.15) is 0 Å². The second-order valence-corrected chi connectivity index (χ2v) is 4.19. The number of carboxylic acids is 1. The van der Waals surface area contributed by atoms with Crippen molar-refractivity contribution in [1.29, 1.82) is 0 Å². The van der Waals surface area contributed by atoms with E-state index in [1.54, 1.807) is 0 Å². The van der Waals surface area contributed by atoms with E-state index in [0.29, 0.717) is 7.92 Å². The molecule has 0 saturated carbocycles. The Kier molecular flexibility index (Phi) is 3.12. The van der Waals surface area contributed by atoms with Crippen LogP contribution < -0.4 is 4.35 Å². The molecule has 2 radical (unpaired) electrons. The fraction of sp³-hybridized carbons (Fsp3) is 0. The van der Waals surface area contributed by atoms with Crippen LogP contribution in [0, 0.1) is 9.39 Å². The van der Waals surface area contributed by atoms with Crippen molar-refractivity contribution in [3.63, 3.8) is 0 Å². The van der Waals surface area contributed by atoms with Crippen molar-refractivity contribution < 1.29 is 14.3 Å². The standard InChI is InChI=1S/C7H3AsFIO2/c8-6-4(7(11)12)1-3(9)2-5(6)10/h1-2H,(H,11,12). The number of benzene rings is 1. The maximum atomic E-state index is 12.7. The van der Waals surface area contributed by atoms with Gasteiger partial charge in [-0.1, -0.05) is 0 Å². The van der Waals surface area contributed by atoms with E-state index in [9.17, 15) is 9.18 Å². The molecule has 0 saturated heterocycles. The van der Waals surface area contributed by atoms with Gasteiger partial charge in [-0.05, 0) is 0 Å². The van der Waals surface area contributed by atoms with Gasteiger partial charge in [-0.15, -0.1) is 0 Å². The maximum absolute atomic E-state index is 12.7. The van der Waals surface area contributed by atoms with Gasteiger partial charge in [-0.3, -0.25) is 0 Å². The second-order valence-electron chi connectivity index (χ2n) is 2.09. The number of halogens is 2. The van der Waals surface area contributed by atoms with Gasteiger partial charge in [0, 0.05) is 0 Å². The van der Waals surface area contributed by atoms with E-state index in [4.69, 9.17) is 5.11 Å². The molecule has 12 heavy (non-hydrogen) atoms. The molecule has 1 rings (SSSR count). The molecule has 1 aromatic carbocycles. The third-order valence-corrected chi connectivity index (χ3v) is 4.05. The topological polar surface area (TPSA) is 37.3 Å². The van der Waals surface area contributed by atoms with Crippen molar-refractivity contribution in [3.8, 4) is 0 Å². The Hall–Kier alpha value is -0.0916. The minimum atomic E-state index is -1.11. The average molecular weight is 340 g/mol. The zero-order valence-corrected chi connectivity index (χ0v) is 9.75. The summed E-state index contributed by atoms with van der Waals surface area (Å²) in [5.74, 6) is -1.63. The van der Waals surface area contributed by atoms with E-state index in [-0.39, 0.29) is 5.56 Å². The van der Waals surface area contributed by atoms with Crippen LogP contribution in [0.3, 0.4) is 0 Å². The summed E-state index contributed by atoms with van der Waals surface area (Å²) in [7, 11) is 0. The molecule has 0 atom stereocenters. The van der Waals surface area contributed by atoms with E-state index in [0.717, 1.165) is 6.07 Å². The van der Waals surface area contributed by atoms with Gasteiger partial charge in [0.1, 0.15) is 0 Å². The van der Waals surface area contributed by atoms with E-state index in [1.807, 2.05) is 22.6 Å². The molecule has 0 aliphatic rings. The summed E-state index contributed by atoms with van der Waals surface area (Å²) in [4.78, 5) is 10.5. The molecule has 62 valence electrons. The number of carboxylic acid groups (broad SMARTS) is 1. The average Bonchev–Trinajstić information content (AvgIpc) is 1.96. The molecule has 0 unspecified atom stereocenters.